The Balaban J connectivity index is 2.62. The second kappa shape index (κ2) is 9.39. The first kappa shape index (κ1) is 15.5. The molecule has 0 aromatic heterocycles. The fourth-order valence-corrected chi connectivity index (χ4v) is 1.74. The highest BCUT2D eigenvalue weighted by Crippen LogP contribution is 2.07. The van der Waals surface area contributed by atoms with Gasteiger partial charge in [0.1, 0.15) is 0 Å². The molecule has 0 atom stereocenters. The zero-order valence-corrected chi connectivity index (χ0v) is 12.2. The van der Waals surface area contributed by atoms with Gasteiger partial charge < -0.3 is 15.4 Å². The lowest BCUT2D eigenvalue weighted by Crippen LogP contribution is -2.37. The predicted molar refractivity (Wildman–Crippen MR) is 80.3 cm³/mol. The standard InChI is InChI=1S/C15H25N3O/c1-4-9-17-15(16-5-2)18-11-13-7-6-8-14(10-13)12-19-3/h6-8,10H,4-5,9,11-12H2,1-3H3,(H2,16,17,18). The van der Waals surface area contributed by atoms with Gasteiger partial charge in [0.05, 0.1) is 13.2 Å². The van der Waals surface area contributed by atoms with Crippen molar-refractivity contribution >= 4 is 5.96 Å². The first-order chi connectivity index (χ1) is 9.30. The van der Waals surface area contributed by atoms with E-state index in [1.54, 1.807) is 7.11 Å². The monoisotopic (exact) mass is 263 g/mol. The van der Waals surface area contributed by atoms with Gasteiger partial charge in [0.15, 0.2) is 5.96 Å². The summed E-state index contributed by atoms with van der Waals surface area (Å²) in [5.41, 5.74) is 2.38. The summed E-state index contributed by atoms with van der Waals surface area (Å²) in [6.07, 6.45) is 1.09. The van der Waals surface area contributed by atoms with Gasteiger partial charge in [-0.3, -0.25) is 0 Å². The Bertz CT molecular complexity index is 391. The molecule has 0 aliphatic rings. The minimum Gasteiger partial charge on any atom is -0.380 e. The molecule has 4 nitrogen and oxygen atoms in total. The van der Waals surface area contributed by atoms with E-state index < -0.39 is 0 Å². The second-order valence-corrected chi connectivity index (χ2v) is 4.37. The van der Waals surface area contributed by atoms with E-state index in [4.69, 9.17) is 4.74 Å². The van der Waals surface area contributed by atoms with Gasteiger partial charge in [-0.1, -0.05) is 31.2 Å². The highest BCUT2D eigenvalue weighted by Gasteiger charge is 1.98. The minimum absolute atomic E-state index is 0.645. The Morgan fingerprint density at radius 3 is 2.68 bits per heavy atom. The minimum atomic E-state index is 0.645. The molecular formula is C15H25N3O. The summed E-state index contributed by atoms with van der Waals surface area (Å²) in [5, 5.41) is 6.54. The molecule has 0 aliphatic heterocycles. The maximum atomic E-state index is 5.14. The van der Waals surface area contributed by atoms with E-state index in [0.717, 1.165) is 25.5 Å². The maximum Gasteiger partial charge on any atom is 0.191 e. The zero-order chi connectivity index (χ0) is 13.9. The Morgan fingerprint density at radius 1 is 1.21 bits per heavy atom. The third-order valence-electron chi connectivity index (χ3n) is 2.61. The van der Waals surface area contributed by atoms with Crippen molar-refractivity contribution in [2.24, 2.45) is 4.99 Å². The molecule has 1 aromatic carbocycles. The molecule has 0 radical (unpaired) electrons. The normalized spacial score (nSPS) is 11.4. The van der Waals surface area contributed by atoms with Crippen LogP contribution in [0.3, 0.4) is 0 Å². The highest BCUT2D eigenvalue weighted by atomic mass is 16.5. The molecule has 1 rings (SSSR count). The van der Waals surface area contributed by atoms with E-state index in [9.17, 15) is 0 Å². The summed E-state index contributed by atoms with van der Waals surface area (Å²) >= 11 is 0. The third kappa shape index (κ3) is 6.25. The zero-order valence-electron chi connectivity index (χ0n) is 12.2. The lowest BCUT2D eigenvalue weighted by atomic mass is 10.1. The largest absolute Gasteiger partial charge is 0.380 e. The average molecular weight is 263 g/mol. The summed E-state index contributed by atoms with van der Waals surface area (Å²) in [7, 11) is 1.71. The molecule has 0 amide bonds. The molecule has 0 heterocycles. The number of rotatable bonds is 7. The number of ether oxygens (including phenoxy) is 1. The molecule has 0 aliphatic carbocycles. The van der Waals surface area contributed by atoms with E-state index in [-0.39, 0.29) is 0 Å². The number of methoxy groups -OCH3 is 1. The van der Waals surface area contributed by atoms with Crippen LogP contribution in [0.15, 0.2) is 29.3 Å². The van der Waals surface area contributed by atoms with Crippen molar-refractivity contribution in [1.82, 2.24) is 10.6 Å². The van der Waals surface area contributed by atoms with Crippen molar-refractivity contribution in [3.8, 4) is 0 Å². The van der Waals surface area contributed by atoms with Crippen molar-refractivity contribution in [2.45, 2.75) is 33.4 Å². The number of nitrogens with one attached hydrogen (secondary N) is 2. The van der Waals surface area contributed by atoms with Gasteiger partial charge in [0.25, 0.3) is 0 Å². The van der Waals surface area contributed by atoms with Crippen molar-refractivity contribution in [3.05, 3.63) is 35.4 Å². The fraction of sp³-hybridized carbons (Fsp3) is 0.533. The Hall–Kier alpha value is -1.55. The topological polar surface area (TPSA) is 45.7 Å². The van der Waals surface area contributed by atoms with Crippen molar-refractivity contribution in [3.63, 3.8) is 0 Å². The molecule has 1 aromatic rings. The summed E-state index contributed by atoms with van der Waals surface area (Å²) in [5.74, 6) is 0.876. The number of benzene rings is 1. The fourth-order valence-electron chi connectivity index (χ4n) is 1.74. The van der Waals surface area contributed by atoms with Gasteiger partial charge in [0.2, 0.25) is 0 Å². The Labute approximate surface area is 116 Å². The summed E-state index contributed by atoms with van der Waals surface area (Å²) in [6.45, 7) is 7.35. The number of hydrogen-bond donors (Lipinski definition) is 2. The first-order valence-corrected chi connectivity index (χ1v) is 6.89. The lowest BCUT2D eigenvalue weighted by Gasteiger charge is -2.10. The van der Waals surface area contributed by atoms with Crippen LogP contribution in [0.5, 0.6) is 0 Å². The molecular weight excluding hydrogens is 238 g/mol. The van der Waals surface area contributed by atoms with Gasteiger partial charge in [-0.15, -0.1) is 0 Å². The maximum absolute atomic E-state index is 5.14. The van der Waals surface area contributed by atoms with Crippen molar-refractivity contribution in [2.75, 3.05) is 20.2 Å². The van der Waals surface area contributed by atoms with Crippen LogP contribution >= 0.6 is 0 Å². The summed E-state index contributed by atoms with van der Waals surface area (Å²) in [4.78, 5) is 4.58. The predicted octanol–water partition coefficient (Wildman–Crippen LogP) is 2.30. The van der Waals surface area contributed by atoms with Crippen LogP contribution in [0, 0.1) is 0 Å². The van der Waals surface area contributed by atoms with Crippen LogP contribution in [0.4, 0.5) is 0 Å². The van der Waals surface area contributed by atoms with Gasteiger partial charge in [-0.25, -0.2) is 4.99 Å². The van der Waals surface area contributed by atoms with Gasteiger partial charge in [-0.2, -0.15) is 0 Å². The molecule has 0 fully saturated rings. The SMILES string of the molecule is CCCNC(=NCc1cccc(COC)c1)NCC. The van der Waals surface area contributed by atoms with E-state index >= 15 is 0 Å². The quantitative estimate of drug-likeness (QED) is 0.586. The highest BCUT2D eigenvalue weighted by molar-refractivity contribution is 5.79. The molecule has 106 valence electrons. The Kier molecular flexibility index (Phi) is 7.66. The molecule has 0 bridgehead atoms. The lowest BCUT2D eigenvalue weighted by molar-refractivity contribution is 0.185. The van der Waals surface area contributed by atoms with Crippen LogP contribution in [0.2, 0.25) is 0 Å². The average Bonchev–Trinajstić information content (AvgIpc) is 2.43. The van der Waals surface area contributed by atoms with Crippen LogP contribution < -0.4 is 10.6 Å². The van der Waals surface area contributed by atoms with Crippen molar-refractivity contribution < 1.29 is 4.74 Å². The second-order valence-electron chi connectivity index (χ2n) is 4.37. The number of guanidine groups is 1. The van der Waals surface area contributed by atoms with E-state index in [1.165, 1.54) is 11.1 Å². The number of nitrogens with zero attached hydrogens (tertiary/aromatic N) is 1. The van der Waals surface area contributed by atoms with Crippen LogP contribution in [-0.4, -0.2) is 26.2 Å². The molecule has 0 saturated heterocycles. The molecule has 4 heteroatoms. The Morgan fingerprint density at radius 2 is 2.00 bits per heavy atom. The van der Waals surface area contributed by atoms with E-state index in [0.29, 0.717) is 13.2 Å². The van der Waals surface area contributed by atoms with E-state index in [2.05, 4.69) is 47.7 Å². The van der Waals surface area contributed by atoms with Gasteiger partial charge in [-0.05, 0) is 24.5 Å². The number of aliphatic imine (C=N–C) groups is 1. The summed E-state index contributed by atoms with van der Waals surface area (Å²) < 4.78 is 5.14. The third-order valence-corrected chi connectivity index (χ3v) is 2.61. The molecule has 0 saturated carbocycles. The number of hydrogen-bond acceptors (Lipinski definition) is 2. The first-order valence-electron chi connectivity index (χ1n) is 6.89. The smallest absolute Gasteiger partial charge is 0.191 e. The summed E-state index contributed by atoms with van der Waals surface area (Å²) in [6, 6.07) is 8.34. The van der Waals surface area contributed by atoms with Crippen LogP contribution in [0.25, 0.3) is 0 Å². The molecule has 19 heavy (non-hydrogen) atoms. The van der Waals surface area contributed by atoms with Gasteiger partial charge in [0, 0.05) is 20.2 Å². The molecule has 2 N–H and O–H groups in total. The van der Waals surface area contributed by atoms with Crippen molar-refractivity contribution in [1.29, 1.82) is 0 Å². The molecule has 0 spiro atoms. The van der Waals surface area contributed by atoms with Crippen LogP contribution in [0.1, 0.15) is 31.4 Å². The van der Waals surface area contributed by atoms with Crippen LogP contribution in [-0.2, 0) is 17.9 Å². The van der Waals surface area contributed by atoms with E-state index in [1.807, 2.05) is 6.07 Å². The molecule has 0 unspecified atom stereocenters. The van der Waals surface area contributed by atoms with Gasteiger partial charge >= 0.3 is 0 Å².